The summed E-state index contributed by atoms with van der Waals surface area (Å²) in [6, 6.07) is 13.5. The summed E-state index contributed by atoms with van der Waals surface area (Å²) < 4.78 is 15.4. The Hall–Kier alpha value is -4.61. The number of halogens is 1. The van der Waals surface area contributed by atoms with Gasteiger partial charge in [-0.3, -0.25) is 9.59 Å². The van der Waals surface area contributed by atoms with Gasteiger partial charge in [0, 0.05) is 11.8 Å². The fourth-order valence-corrected chi connectivity index (χ4v) is 7.08. The molecule has 0 radical (unpaired) electrons. The molecule has 2 aliphatic rings. The number of rotatable bonds is 8. The highest BCUT2D eigenvalue weighted by Gasteiger charge is 2.35. The summed E-state index contributed by atoms with van der Waals surface area (Å²) in [5, 5.41) is 0. The second-order valence-electron chi connectivity index (χ2n) is 13.3. The lowest BCUT2D eigenvalue weighted by Gasteiger charge is -2.32. The molecule has 2 heterocycles. The standard InChI is InChI=1S/C36H40FN7O3/c1-19-26(17-30-32(31(19)37)43-33(40-30)23-3-2-4-23)22-9-5-20(6-10-22)15-27(39)35(46)44(34(45)24-11-7-21(18-38)8-12-24)25-13-14-28-29(16-25)42-36(47)41-28/h5-6,9-10,13-14,16-17,21,23-24,27H,2-4,7-8,11-12,15,18,38-39H2,1H3,(H,40,43)(H2,41,42,47)/t21?,24?,27-/m0/s1. The molecule has 7 rings (SSSR count). The number of aromatic amines is 3. The van der Waals surface area contributed by atoms with E-state index in [9.17, 15) is 14.4 Å². The summed E-state index contributed by atoms with van der Waals surface area (Å²) in [5.74, 6) is 0.153. The highest BCUT2D eigenvalue weighted by Crippen LogP contribution is 2.38. The van der Waals surface area contributed by atoms with Crippen LogP contribution in [0.3, 0.4) is 0 Å². The predicted molar refractivity (Wildman–Crippen MR) is 180 cm³/mol. The third-order valence-electron chi connectivity index (χ3n) is 10.2. The monoisotopic (exact) mass is 637 g/mol. The zero-order valence-electron chi connectivity index (χ0n) is 26.4. The minimum atomic E-state index is -1.00. The first-order chi connectivity index (χ1) is 22.7. The number of nitrogens with one attached hydrogen (secondary N) is 3. The zero-order valence-corrected chi connectivity index (χ0v) is 26.4. The molecule has 2 aromatic heterocycles. The third kappa shape index (κ3) is 5.89. The van der Waals surface area contributed by atoms with E-state index in [0.717, 1.165) is 48.2 Å². The van der Waals surface area contributed by atoms with E-state index in [-0.39, 0.29) is 29.8 Å². The maximum absolute atomic E-state index is 15.4. The first kappa shape index (κ1) is 31.0. The number of carbonyl (C=O) groups excluding carboxylic acids is 2. The number of nitrogens with zero attached hydrogens (tertiary/aromatic N) is 2. The van der Waals surface area contributed by atoms with Crippen molar-refractivity contribution >= 4 is 39.6 Å². The van der Waals surface area contributed by atoms with Crippen molar-refractivity contribution in [2.24, 2.45) is 23.3 Å². The number of nitrogens with two attached hydrogens (primary N) is 2. The second-order valence-corrected chi connectivity index (χ2v) is 13.3. The number of hydrogen-bond acceptors (Lipinski definition) is 6. The van der Waals surface area contributed by atoms with Crippen LogP contribution in [0.5, 0.6) is 0 Å². The van der Waals surface area contributed by atoms with E-state index in [0.29, 0.717) is 64.5 Å². The Morgan fingerprint density at radius 1 is 0.957 bits per heavy atom. The van der Waals surface area contributed by atoms with Gasteiger partial charge < -0.3 is 26.4 Å². The summed E-state index contributed by atoms with van der Waals surface area (Å²) >= 11 is 0. The van der Waals surface area contributed by atoms with Crippen LogP contribution in [-0.2, 0) is 16.0 Å². The van der Waals surface area contributed by atoms with Gasteiger partial charge in [0.2, 0.25) is 5.91 Å². The molecular formula is C36H40FN7O3. The Bertz CT molecular complexity index is 2020. The lowest BCUT2D eigenvalue weighted by molar-refractivity contribution is -0.130. The normalized spacial score (nSPS) is 19.1. The van der Waals surface area contributed by atoms with Gasteiger partial charge >= 0.3 is 5.69 Å². The van der Waals surface area contributed by atoms with Crippen LogP contribution in [0.25, 0.3) is 33.2 Å². The molecule has 10 nitrogen and oxygen atoms in total. The summed E-state index contributed by atoms with van der Waals surface area (Å²) in [4.78, 5) is 54.3. The molecule has 5 aromatic rings. The predicted octanol–water partition coefficient (Wildman–Crippen LogP) is 5.31. The molecule has 0 spiro atoms. The third-order valence-corrected chi connectivity index (χ3v) is 10.2. The van der Waals surface area contributed by atoms with Crippen molar-refractivity contribution in [2.45, 2.75) is 70.3 Å². The largest absolute Gasteiger partial charge is 0.342 e. The van der Waals surface area contributed by atoms with Crippen LogP contribution < -0.4 is 22.1 Å². The SMILES string of the molecule is Cc1c(-c2ccc(C[C@H](N)C(=O)N(C(=O)C3CCC(CN)CC3)c3ccc4[nH]c(=O)[nH]c4c3)cc2)cc2[nH]c(C3CCC3)nc2c1F. The minimum absolute atomic E-state index is 0.198. The topological polar surface area (TPSA) is 167 Å². The van der Waals surface area contributed by atoms with Crippen LogP contribution in [-0.4, -0.2) is 44.3 Å². The molecular weight excluding hydrogens is 597 g/mol. The zero-order chi connectivity index (χ0) is 32.8. The molecule has 11 heteroatoms. The van der Waals surface area contributed by atoms with Crippen LogP contribution in [0.1, 0.15) is 67.8 Å². The van der Waals surface area contributed by atoms with Crippen molar-refractivity contribution in [3.05, 3.63) is 81.8 Å². The van der Waals surface area contributed by atoms with E-state index in [1.807, 2.05) is 30.3 Å². The van der Waals surface area contributed by atoms with Gasteiger partial charge in [0.05, 0.1) is 28.3 Å². The quantitative estimate of drug-likeness (QED) is 0.155. The number of amides is 2. The average Bonchev–Trinajstić information content (AvgIpc) is 3.64. The molecule has 0 bridgehead atoms. The van der Waals surface area contributed by atoms with Crippen LogP contribution in [0.4, 0.5) is 10.1 Å². The van der Waals surface area contributed by atoms with Crippen molar-refractivity contribution in [1.29, 1.82) is 0 Å². The first-order valence-electron chi connectivity index (χ1n) is 16.5. The number of anilines is 1. The summed E-state index contributed by atoms with van der Waals surface area (Å²) in [5.41, 5.74) is 17.5. The molecule has 0 aliphatic heterocycles. The minimum Gasteiger partial charge on any atom is -0.342 e. The molecule has 244 valence electrons. The van der Waals surface area contributed by atoms with Gasteiger partial charge in [-0.25, -0.2) is 19.1 Å². The van der Waals surface area contributed by atoms with Gasteiger partial charge in [0.15, 0.2) is 5.82 Å². The number of imide groups is 1. The molecule has 0 saturated heterocycles. The van der Waals surface area contributed by atoms with Gasteiger partial charge in [-0.2, -0.15) is 0 Å². The molecule has 7 N–H and O–H groups in total. The fraction of sp³-hybridized carbons (Fsp3) is 0.389. The molecule has 2 aliphatic carbocycles. The first-order valence-corrected chi connectivity index (χ1v) is 16.5. The Balaban J connectivity index is 1.12. The van der Waals surface area contributed by atoms with E-state index in [1.165, 1.54) is 11.3 Å². The van der Waals surface area contributed by atoms with E-state index in [4.69, 9.17) is 11.5 Å². The van der Waals surface area contributed by atoms with E-state index < -0.39 is 11.9 Å². The molecule has 2 saturated carbocycles. The lowest BCUT2D eigenvalue weighted by atomic mass is 9.81. The number of carbonyl (C=O) groups is 2. The molecule has 1 atom stereocenters. The molecule has 2 amide bonds. The second kappa shape index (κ2) is 12.5. The maximum atomic E-state index is 15.4. The van der Waals surface area contributed by atoms with Gasteiger partial charge in [-0.05, 0) is 111 Å². The fourth-order valence-electron chi connectivity index (χ4n) is 7.08. The molecule has 2 fully saturated rings. The number of benzene rings is 3. The summed E-state index contributed by atoms with van der Waals surface area (Å²) in [6.45, 7) is 2.34. The molecule has 3 aromatic carbocycles. The number of aromatic nitrogens is 4. The smallest absolute Gasteiger partial charge is 0.323 e. The van der Waals surface area contributed by atoms with Gasteiger partial charge in [0.1, 0.15) is 11.3 Å². The Morgan fingerprint density at radius 3 is 2.36 bits per heavy atom. The molecule has 0 unspecified atom stereocenters. The maximum Gasteiger partial charge on any atom is 0.323 e. The van der Waals surface area contributed by atoms with Crippen molar-refractivity contribution in [2.75, 3.05) is 11.4 Å². The average molecular weight is 638 g/mol. The van der Waals surface area contributed by atoms with Crippen molar-refractivity contribution in [3.8, 4) is 11.1 Å². The summed E-state index contributed by atoms with van der Waals surface area (Å²) in [7, 11) is 0. The van der Waals surface area contributed by atoms with Crippen molar-refractivity contribution < 1.29 is 14.0 Å². The highest BCUT2D eigenvalue weighted by atomic mass is 19.1. The van der Waals surface area contributed by atoms with Crippen LogP contribution in [0.2, 0.25) is 0 Å². The Kier molecular flexibility index (Phi) is 8.27. The van der Waals surface area contributed by atoms with Crippen LogP contribution in [0, 0.1) is 24.6 Å². The Morgan fingerprint density at radius 2 is 1.68 bits per heavy atom. The number of imidazole rings is 2. The van der Waals surface area contributed by atoms with E-state index in [1.54, 1.807) is 25.1 Å². The Labute approximate surface area is 271 Å². The number of fused-ring (bicyclic) bond motifs is 2. The van der Waals surface area contributed by atoms with Crippen LogP contribution in [0.15, 0.2) is 53.3 Å². The van der Waals surface area contributed by atoms with Gasteiger partial charge in [-0.15, -0.1) is 0 Å². The van der Waals surface area contributed by atoms with Crippen LogP contribution >= 0.6 is 0 Å². The van der Waals surface area contributed by atoms with E-state index in [2.05, 4.69) is 19.9 Å². The van der Waals surface area contributed by atoms with Gasteiger partial charge in [-0.1, -0.05) is 30.7 Å². The van der Waals surface area contributed by atoms with Crippen molar-refractivity contribution in [1.82, 2.24) is 19.9 Å². The highest BCUT2D eigenvalue weighted by molar-refractivity contribution is 6.17. The van der Waals surface area contributed by atoms with E-state index >= 15 is 4.39 Å². The molecule has 47 heavy (non-hydrogen) atoms. The lowest BCUT2D eigenvalue weighted by Crippen LogP contribution is -2.50. The van der Waals surface area contributed by atoms with Gasteiger partial charge in [0.25, 0.3) is 5.91 Å². The number of H-pyrrole nitrogens is 3. The summed E-state index contributed by atoms with van der Waals surface area (Å²) in [6.07, 6.45) is 6.48. The van der Waals surface area contributed by atoms with Crippen molar-refractivity contribution in [3.63, 3.8) is 0 Å². The number of hydrogen-bond donors (Lipinski definition) is 5.